The summed E-state index contributed by atoms with van der Waals surface area (Å²) in [6, 6.07) is 83.5. The van der Waals surface area contributed by atoms with Gasteiger partial charge in [0.15, 0.2) is 0 Å². The molecule has 11 aromatic carbocycles. The predicted octanol–water partition coefficient (Wildman–Crippen LogP) is 20.2. The summed E-state index contributed by atoms with van der Waals surface area (Å²) in [5.74, 6) is 0. The molecule has 366 valence electrons. The van der Waals surface area contributed by atoms with Crippen LogP contribution in [0.2, 0.25) is 0 Å². The van der Waals surface area contributed by atoms with Crippen molar-refractivity contribution < 1.29 is 0 Å². The Balaban J connectivity index is 1.02. The largest absolute Gasteiger partial charge is 0.309 e. The summed E-state index contributed by atoms with van der Waals surface area (Å²) in [4.78, 5) is 5.20. The van der Waals surface area contributed by atoms with Crippen LogP contribution in [-0.4, -0.2) is 0 Å². The van der Waals surface area contributed by atoms with Crippen LogP contribution < -0.4 is 9.80 Å². The summed E-state index contributed by atoms with van der Waals surface area (Å²) in [6.45, 7) is 19.2. The van der Waals surface area contributed by atoms with Crippen LogP contribution in [0.15, 0.2) is 218 Å². The lowest BCUT2D eigenvalue weighted by Crippen LogP contribution is -2.19. The van der Waals surface area contributed by atoms with Gasteiger partial charge in [-0.1, -0.05) is 225 Å². The van der Waals surface area contributed by atoms with Crippen LogP contribution >= 0.6 is 0 Å². The topological polar surface area (TPSA) is 6.48 Å². The van der Waals surface area contributed by atoms with E-state index in [0.717, 1.165) is 22.7 Å². The van der Waals surface area contributed by atoms with Crippen molar-refractivity contribution in [3.63, 3.8) is 0 Å². The molecule has 4 aliphatic rings. The number of rotatable bonds is 6. The molecule has 2 nitrogen and oxygen atoms in total. The van der Waals surface area contributed by atoms with Crippen LogP contribution in [0, 0.1) is 0 Å². The molecule has 0 spiro atoms. The molecule has 4 aliphatic carbocycles. The standard InChI is InChI=1S/C74H60N2/c1-71(2)61-29-17-13-21-49(61)53-37-33-45(41-65(53)71)75(46-34-38-54-50-22-14-18-30-62(50)72(3,4)66(54)42-46)69-57-25-9-11-27-59(57)70(60-28-12-10-26-58(60)69)76(47-35-39-55-51-23-15-19-31-63(51)73(5,6)67(55)43-47)48-36-40-56-52-24-16-20-32-64(52)74(7,8)68(56)44-48/h9-44H,1-8H3. The molecule has 0 radical (unpaired) electrons. The van der Waals surface area contributed by atoms with Crippen LogP contribution in [0.25, 0.3) is 66.1 Å². The summed E-state index contributed by atoms with van der Waals surface area (Å²) < 4.78 is 0. The van der Waals surface area contributed by atoms with E-state index in [9.17, 15) is 0 Å². The zero-order valence-corrected chi connectivity index (χ0v) is 44.7. The molecular weight excluding hydrogens is 917 g/mol. The van der Waals surface area contributed by atoms with Gasteiger partial charge in [-0.15, -0.1) is 0 Å². The Labute approximate surface area is 447 Å². The molecule has 0 bridgehead atoms. The Hall–Kier alpha value is -8.46. The molecule has 0 saturated carbocycles. The fraction of sp³-hybridized carbons (Fsp3) is 0.162. The Morgan fingerprint density at radius 3 is 0.645 bits per heavy atom. The van der Waals surface area contributed by atoms with Gasteiger partial charge in [-0.2, -0.15) is 0 Å². The lowest BCUT2D eigenvalue weighted by molar-refractivity contribution is 0.659. The third kappa shape index (κ3) is 5.99. The van der Waals surface area contributed by atoms with Gasteiger partial charge < -0.3 is 9.80 Å². The monoisotopic (exact) mass is 976 g/mol. The van der Waals surface area contributed by atoms with Crippen molar-refractivity contribution in [2.45, 2.75) is 77.0 Å². The Morgan fingerprint density at radius 2 is 0.408 bits per heavy atom. The molecule has 0 aromatic heterocycles. The van der Waals surface area contributed by atoms with E-state index in [1.54, 1.807) is 0 Å². The van der Waals surface area contributed by atoms with Crippen molar-refractivity contribution in [2.24, 2.45) is 0 Å². The van der Waals surface area contributed by atoms with Gasteiger partial charge >= 0.3 is 0 Å². The molecule has 0 saturated heterocycles. The average Bonchev–Trinajstić information content (AvgIpc) is 4.01. The first-order valence-corrected chi connectivity index (χ1v) is 27.3. The van der Waals surface area contributed by atoms with Crippen LogP contribution in [0.1, 0.15) is 99.9 Å². The van der Waals surface area contributed by atoms with Gasteiger partial charge in [0.05, 0.1) is 11.4 Å². The predicted molar refractivity (Wildman–Crippen MR) is 321 cm³/mol. The summed E-state index contributed by atoms with van der Waals surface area (Å²) in [5, 5.41) is 4.76. The van der Waals surface area contributed by atoms with Crippen molar-refractivity contribution in [2.75, 3.05) is 9.80 Å². The van der Waals surface area contributed by atoms with E-state index < -0.39 is 0 Å². The summed E-state index contributed by atoms with van der Waals surface area (Å²) in [6.07, 6.45) is 0. The Morgan fingerprint density at radius 1 is 0.211 bits per heavy atom. The van der Waals surface area contributed by atoms with E-state index in [-0.39, 0.29) is 21.7 Å². The molecule has 76 heavy (non-hydrogen) atoms. The van der Waals surface area contributed by atoms with Crippen molar-refractivity contribution in [1.82, 2.24) is 0 Å². The smallest absolute Gasteiger partial charge is 0.0619 e. The van der Waals surface area contributed by atoms with E-state index in [2.05, 4.69) is 284 Å². The van der Waals surface area contributed by atoms with Gasteiger partial charge in [0.2, 0.25) is 0 Å². The molecule has 0 N–H and O–H groups in total. The van der Waals surface area contributed by atoms with Crippen molar-refractivity contribution in [3.05, 3.63) is 263 Å². The minimum atomic E-state index is -0.179. The first-order valence-electron chi connectivity index (χ1n) is 27.3. The number of anilines is 6. The molecule has 11 aromatic rings. The normalized spacial score (nSPS) is 15.8. The second-order valence-corrected chi connectivity index (χ2v) is 24.1. The highest BCUT2D eigenvalue weighted by molar-refractivity contribution is 6.23. The summed E-state index contributed by atoms with van der Waals surface area (Å²) >= 11 is 0. The molecule has 0 amide bonds. The molecule has 15 rings (SSSR count). The fourth-order valence-electron chi connectivity index (χ4n) is 14.7. The summed E-state index contributed by atoms with van der Waals surface area (Å²) in [5.41, 5.74) is 27.7. The van der Waals surface area contributed by atoms with Gasteiger partial charge in [0, 0.05) is 66.0 Å². The van der Waals surface area contributed by atoms with Crippen LogP contribution in [0.5, 0.6) is 0 Å². The SMILES string of the molecule is CC1(C)c2ccccc2-c2ccc(N(c3ccc4c(c3)C(C)(C)c3ccccc3-4)c3c4ccccc4c(N(c4ccc5c(c4)C(C)(C)c4ccccc4-5)c4ccc5c(c4)C(C)(C)c4ccccc4-5)c4ccccc34)cc21. The first-order chi connectivity index (χ1) is 36.7. The highest BCUT2D eigenvalue weighted by Crippen LogP contribution is 2.58. The van der Waals surface area contributed by atoms with E-state index in [1.807, 2.05) is 0 Å². The quantitative estimate of drug-likeness (QED) is 0.121. The molecule has 0 aliphatic heterocycles. The van der Waals surface area contributed by atoms with E-state index in [4.69, 9.17) is 0 Å². The lowest BCUT2D eigenvalue weighted by atomic mass is 9.81. The van der Waals surface area contributed by atoms with Crippen LogP contribution in [-0.2, 0) is 21.7 Å². The third-order valence-electron chi connectivity index (χ3n) is 18.6. The molecule has 2 heteroatoms. The molecular formula is C74H60N2. The minimum Gasteiger partial charge on any atom is -0.309 e. The van der Waals surface area contributed by atoms with Crippen molar-refractivity contribution in [1.29, 1.82) is 0 Å². The number of fused-ring (bicyclic) bond motifs is 14. The van der Waals surface area contributed by atoms with E-state index in [1.165, 1.54) is 122 Å². The number of hydrogen-bond acceptors (Lipinski definition) is 2. The van der Waals surface area contributed by atoms with Gasteiger partial charge in [-0.3, -0.25) is 0 Å². The van der Waals surface area contributed by atoms with Crippen molar-refractivity contribution >= 4 is 55.7 Å². The molecule has 0 fully saturated rings. The van der Waals surface area contributed by atoms with Gasteiger partial charge in [-0.05, 0) is 138 Å². The fourth-order valence-corrected chi connectivity index (χ4v) is 14.7. The zero-order chi connectivity index (χ0) is 51.6. The highest BCUT2D eigenvalue weighted by Gasteiger charge is 2.41. The van der Waals surface area contributed by atoms with E-state index >= 15 is 0 Å². The summed E-state index contributed by atoms with van der Waals surface area (Å²) in [7, 11) is 0. The number of nitrogens with zero attached hydrogens (tertiary/aromatic N) is 2. The molecule has 0 unspecified atom stereocenters. The average molecular weight is 977 g/mol. The molecule has 0 heterocycles. The second kappa shape index (κ2) is 15.6. The third-order valence-corrected chi connectivity index (χ3v) is 18.6. The number of hydrogen-bond donors (Lipinski definition) is 0. The van der Waals surface area contributed by atoms with Crippen LogP contribution in [0.4, 0.5) is 34.1 Å². The maximum atomic E-state index is 2.60. The maximum Gasteiger partial charge on any atom is 0.0619 e. The van der Waals surface area contributed by atoms with Crippen molar-refractivity contribution in [3.8, 4) is 44.5 Å². The number of benzene rings is 11. The lowest BCUT2D eigenvalue weighted by Gasteiger charge is -2.34. The second-order valence-electron chi connectivity index (χ2n) is 24.1. The zero-order valence-electron chi connectivity index (χ0n) is 44.7. The van der Waals surface area contributed by atoms with E-state index in [0.29, 0.717) is 0 Å². The first kappa shape index (κ1) is 45.0. The minimum absolute atomic E-state index is 0.179. The van der Waals surface area contributed by atoms with Gasteiger partial charge in [-0.25, -0.2) is 0 Å². The highest BCUT2D eigenvalue weighted by atomic mass is 15.2. The Kier molecular flexibility index (Phi) is 9.21. The maximum absolute atomic E-state index is 2.60. The van der Waals surface area contributed by atoms with Gasteiger partial charge in [0.25, 0.3) is 0 Å². The molecule has 0 atom stereocenters. The van der Waals surface area contributed by atoms with Crippen LogP contribution in [0.3, 0.4) is 0 Å². The van der Waals surface area contributed by atoms with Gasteiger partial charge in [0.1, 0.15) is 0 Å². The Bertz CT molecular complexity index is 3770.